The van der Waals surface area contributed by atoms with Crippen LogP contribution in [-0.2, 0) is 4.79 Å². The van der Waals surface area contributed by atoms with Crippen molar-refractivity contribution in [2.45, 2.75) is 25.8 Å². The number of hydrogen-bond acceptors (Lipinski definition) is 3. The maximum atomic E-state index is 12.3. The second kappa shape index (κ2) is 5.69. The molecule has 19 heavy (non-hydrogen) atoms. The van der Waals surface area contributed by atoms with Gasteiger partial charge in [0.15, 0.2) is 0 Å². The van der Waals surface area contributed by atoms with E-state index >= 15 is 0 Å². The van der Waals surface area contributed by atoms with Gasteiger partial charge in [-0.1, -0.05) is 0 Å². The van der Waals surface area contributed by atoms with E-state index in [4.69, 9.17) is 5.11 Å². The Kier molecular flexibility index (Phi) is 4.19. The molecule has 2 rings (SSSR count). The van der Waals surface area contributed by atoms with Crippen LogP contribution in [0.5, 0.6) is 0 Å². The number of carboxylic acid groups (broad SMARTS) is 1. The van der Waals surface area contributed by atoms with E-state index < -0.39 is 5.97 Å². The Hall–Kier alpha value is -1.43. The third-order valence-electron chi connectivity index (χ3n) is 3.46. The maximum absolute atomic E-state index is 12.3. The van der Waals surface area contributed by atoms with Crippen LogP contribution in [0, 0.1) is 5.92 Å². The lowest BCUT2D eigenvalue weighted by Gasteiger charge is -2.36. The van der Waals surface area contributed by atoms with Crippen molar-refractivity contribution in [3.63, 3.8) is 0 Å². The Bertz CT molecular complexity index is 489. The number of halogens is 1. The number of carboxylic acids is 1. The van der Waals surface area contributed by atoms with Crippen molar-refractivity contribution < 1.29 is 14.7 Å². The first-order valence-electron chi connectivity index (χ1n) is 6.14. The number of likely N-dealkylation sites (tertiary alicyclic amines) is 1. The normalized spacial score (nSPS) is 23.2. The highest BCUT2D eigenvalue weighted by Gasteiger charge is 2.32. The van der Waals surface area contributed by atoms with Crippen LogP contribution in [0.25, 0.3) is 0 Å². The van der Waals surface area contributed by atoms with Crippen LogP contribution in [0.15, 0.2) is 22.9 Å². The van der Waals surface area contributed by atoms with Crippen molar-refractivity contribution >= 4 is 27.8 Å². The number of carbonyl (C=O) groups excluding carboxylic acids is 1. The summed E-state index contributed by atoms with van der Waals surface area (Å²) in [4.78, 5) is 29.1. The number of hydrogen-bond donors (Lipinski definition) is 1. The molecule has 1 aromatic rings. The Morgan fingerprint density at radius 1 is 1.47 bits per heavy atom. The molecule has 5 nitrogen and oxygen atoms in total. The Balaban J connectivity index is 2.08. The highest BCUT2D eigenvalue weighted by molar-refractivity contribution is 9.10. The van der Waals surface area contributed by atoms with Crippen LogP contribution < -0.4 is 0 Å². The Morgan fingerprint density at radius 3 is 2.74 bits per heavy atom. The average Bonchev–Trinajstić information content (AvgIpc) is 2.38. The van der Waals surface area contributed by atoms with Crippen LogP contribution >= 0.6 is 15.9 Å². The molecule has 0 aliphatic carbocycles. The summed E-state index contributed by atoms with van der Waals surface area (Å²) in [6.45, 7) is 2.37. The van der Waals surface area contributed by atoms with Crippen molar-refractivity contribution in [2.75, 3.05) is 6.54 Å². The van der Waals surface area contributed by atoms with Gasteiger partial charge in [-0.25, -0.2) is 4.98 Å². The molecule has 0 saturated carbocycles. The predicted octanol–water partition coefficient (Wildman–Crippen LogP) is 2.17. The van der Waals surface area contributed by atoms with E-state index in [0.717, 1.165) is 0 Å². The number of aliphatic carboxylic acids is 1. The molecular formula is C13H15BrN2O3. The first-order chi connectivity index (χ1) is 8.99. The van der Waals surface area contributed by atoms with Crippen LogP contribution in [-0.4, -0.2) is 39.5 Å². The number of amides is 1. The molecule has 1 fully saturated rings. The van der Waals surface area contributed by atoms with E-state index in [0.29, 0.717) is 29.6 Å². The van der Waals surface area contributed by atoms with Gasteiger partial charge in [0.05, 0.1) is 11.5 Å². The van der Waals surface area contributed by atoms with Gasteiger partial charge in [-0.3, -0.25) is 9.59 Å². The quantitative estimate of drug-likeness (QED) is 0.845. The molecular weight excluding hydrogens is 312 g/mol. The van der Waals surface area contributed by atoms with E-state index in [1.165, 1.54) is 6.20 Å². The standard InChI is InChI=1S/C13H15BrN2O3/c1-8-6-9(13(18)19)4-5-16(8)12(17)10-2-3-11(14)15-7-10/h2-3,7-9H,4-6H2,1H3,(H,18,19). The van der Waals surface area contributed by atoms with Crippen LogP contribution in [0.1, 0.15) is 30.1 Å². The molecule has 0 bridgehead atoms. The summed E-state index contributed by atoms with van der Waals surface area (Å²) in [5.74, 6) is -1.21. The van der Waals surface area contributed by atoms with Crippen molar-refractivity contribution in [1.29, 1.82) is 0 Å². The fourth-order valence-electron chi connectivity index (χ4n) is 2.37. The molecule has 0 spiro atoms. The third kappa shape index (κ3) is 3.12. The summed E-state index contributed by atoms with van der Waals surface area (Å²) in [5.41, 5.74) is 0.531. The summed E-state index contributed by atoms with van der Waals surface area (Å²) < 4.78 is 0.682. The average molecular weight is 327 g/mol. The SMILES string of the molecule is CC1CC(C(=O)O)CCN1C(=O)c1ccc(Br)nc1. The molecule has 1 aliphatic heterocycles. The Labute approximate surface area is 119 Å². The first kappa shape index (κ1) is 14.0. The predicted molar refractivity (Wildman–Crippen MR) is 72.8 cm³/mol. The van der Waals surface area contributed by atoms with E-state index in [1.807, 2.05) is 6.92 Å². The van der Waals surface area contributed by atoms with Gasteiger partial charge in [0.25, 0.3) is 5.91 Å². The van der Waals surface area contributed by atoms with Gasteiger partial charge >= 0.3 is 5.97 Å². The van der Waals surface area contributed by atoms with Crippen LogP contribution in [0.4, 0.5) is 0 Å². The molecule has 1 amide bonds. The van der Waals surface area contributed by atoms with Crippen molar-refractivity contribution in [1.82, 2.24) is 9.88 Å². The number of aromatic nitrogens is 1. The fraction of sp³-hybridized carbons (Fsp3) is 0.462. The number of piperidine rings is 1. The van der Waals surface area contributed by atoms with Crippen LogP contribution in [0.3, 0.4) is 0 Å². The molecule has 1 N–H and O–H groups in total. The lowest BCUT2D eigenvalue weighted by molar-refractivity contribution is -0.143. The molecule has 0 radical (unpaired) electrons. The van der Waals surface area contributed by atoms with Crippen molar-refractivity contribution in [2.24, 2.45) is 5.92 Å². The minimum atomic E-state index is -0.774. The topological polar surface area (TPSA) is 70.5 Å². The lowest BCUT2D eigenvalue weighted by atomic mass is 9.91. The van der Waals surface area contributed by atoms with Gasteiger partial charge < -0.3 is 10.0 Å². The Morgan fingerprint density at radius 2 is 2.21 bits per heavy atom. The molecule has 6 heteroatoms. The molecule has 1 aliphatic rings. The monoisotopic (exact) mass is 326 g/mol. The molecule has 0 aromatic carbocycles. The number of carbonyl (C=O) groups is 2. The van der Waals surface area contributed by atoms with E-state index in [-0.39, 0.29) is 17.9 Å². The molecule has 1 aromatic heterocycles. The lowest BCUT2D eigenvalue weighted by Crippen LogP contribution is -2.46. The molecule has 102 valence electrons. The number of nitrogens with zero attached hydrogens (tertiary/aromatic N) is 2. The smallest absolute Gasteiger partial charge is 0.306 e. The van der Waals surface area contributed by atoms with E-state index in [2.05, 4.69) is 20.9 Å². The molecule has 2 atom stereocenters. The first-order valence-corrected chi connectivity index (χ1v) is 6.93. The summed E-state index contributed by atoms with van der Waals surface area (Å²) in [6.07, 6.45) is 2.54. The zero-order valence-corrected chi connectivity index (χ0v) is 12.1. The van der Waals surface area contributed by atoms with Gasteiger partial charge in [-0.05, 0) is 47.8 Å². The van der Waals surface area contributed by atoms with Gasteiger partial charge in [-0.2, -0.15) is 0 Å². The molecule has 2 unspecified atom stereocenters. The fourth-order valence-corrected chi connectivity index (χ4v) is 2.60. The van der Waals surface area contributed by atoms with Gasteiger partial charge in [0, 0.05) is 18.8 Å². The summed E-state index contributed by atoms with van der Waals surface area (Å²) >= 11 is 3.22. The highest BCUT2D eigenvalue weighted by atomic mass is 79.9. The van der Waals surface area contributed by atoms with Crippen molar-refractivity contribution in [3.8, 4) is 0 Å². The van der Waals surface area contributed by atoms with E-state index in [1.54, 1.807) is 17.0 Å². The number of pyridine rings is 1. The maximum Gasteiger partial charge on any atom is 0.306 e. The van der Waals surface area contributed by atoms with Gasteiger partial charge in [-0.15, -0.1) is 0 Å². The summed E-state index contributed by atoms with van der Waals surface area (Å²) in [7, 11) is 0. The highest BCUT2D eigenvalue weighted by Crippen LogP contribution is 2.24. The minimum Gasteiger partial charge on any atom is -0.481 e. The zero-order chi connectivity index (χ0) is 14.0. The van der Waals surface area contributed by atoms with Crippen LogP contribution in [0.2, 0.25) is 0 Å². The largest absolute Gasteiger partial charge is 0.481 e. The second-order valence-electron chi connectivity index (χ2n) is 4.78. The van der Waals surface area contributed by atoms with Crippen molar-refractivity contribution in [3.05, 3.63) is 28.5 Å². The molecule has 2 heterocycles. The summed E-state index contributed by atoms with van der Waals surface area (Å²) in [5, 5.41) is 9.01. The zero-order valence-electron chi connectivity index (χ0n) is 10.5. The van der Waals surface area contributed by atoms with Gasteiger partial charge in [0.1, 0.15) is 4.60 Å². The second-order valence-corrected chi connectivity index (χ2v) is 5.59. The minimum absolute atomic E-state index is 0.0639. The summed E-state index contributed by atoms with van der Waals surface area (Å²) in [6, 6.07) is 3.38. The third-order valence-corrected chi connectivity index (χ3v) is 3.93. The number of rotatable bonds is 2. The molecule has 1 saturated heterocycles. The van der Waals surface area contributed by atoms with Gasteiger partial charge in [0.2, 0.25) is 0 Å². The van der Waals surface area contributed by atoms with E-state index in [9.17, 15) is 9.59 Å².